The summed E-state index contributed by atoms with van der Waals surface area (Å²) in [5.41, 5.74) is 2.29. The number of halogens is 2. The van der Waals surface area contributed by atoms with Crippen LogP contribution in [0.15, 0.2) is 100.0 Å². The van der Waals surface area contributed by atoms with Crippen molar-refractivity contribution in [3.05, 3.63) is 105 Å². The summed E-state index contributed by atoms with van der Waals surface area (Å²) in [4.78, 5) is 17.8. The summed E-state index contributed by atoms with van der Waals surface area (Å²) in [5.74, 6) is 0.408. The Morgan fingerprint density at radius 1 is 0.781 bits per heavy atom. The first-order valence-electron chi connectivity index (χ1n) is 9.60. The van der Waals surface area contributed by atoms with E-state index in [4.69, 9.17) is 28.2 Å². The first kappa shape index (κ1) is 20.1. The fourth-order valence-electron chi connectivity index (χ4n) is 3.17. The molecule has 0 spiro atoms. The third-order valence-electron chi connectivity index (χ3n) is 4.70. The van der Waals surface area contributed by atoms with E-state index in [9.17, 15) is 4.79 Å². The van der Waals surface area contributed by atoms with Crippen molar-refractivity contribution in [2.24, 2.45) is 10.2 Å². The van der Waals surface area contributed by atoms with Crippen LogP contribution in [0.4, 0.5) is 11.6 Å². The van der Waals surface area contributed by atoms with E-state index < -0.39 is 0 Å². The number of rotatable bonds is 4. The lowest BCUT2D eigenvalue weighted by atomic mass is 10.1. The Morgan fingerprint density at radius 2 is 1.44 bits per heavy atom. The van der Waals surface area contributed by atoms with Crippen LogP contribution in [-0.2, 0) is 0 Å². The van der Waals surface area contributed by atoms with Gasteiger partial charge in [-0.15, -0.1) is 15.3 Å². The van der Waals surface area contributed by atoms with E-state index in [1.807, 2.05) is 30.3 Å². The molecule has 2 aromatic heterocycles. The maximum absolute atomic E-state index is 13.1. The maximum atomic E-state index is 13.1. The second kappa shape index (κ2) is 8.37. The third kappa shape index (κ3) is 3.91. The van der Waals surface area contributed by atoms with Gasteiger partial charge >= 0.3 is 0 Å². The average molecular weight is 461 g/mol. The molecule has 0 fully saturated rings. The number of hydrogen-bond donors (Lipinski definition) is 0. The number of hydrogen-bond acceptors (Lipinski definition) is 5. The van der Waals surface area contributed by atoms with Crippen molar-refractivity contribution in [3.8, 4) is 16.9 Å². The van der Waals surface area contributed by atoms with Crippen molar-refractivity contribution in [1.29, 1.82) is 0 Å². The Hall–Kier alpha value is -3.81. The van der Waals surface area contributed by atoms with E-state index in [2.05, 4.69) is 15.3 Å². The van der Waals surface area contributed by atoms with Gasteiger partial charge in [-0.2, -0.15) is 4.68 Å². The summed E-state index contributed by atoms with van der Waals surface area (Å²) >= 11 is 12.0. The molecule has 9 heteroatoms. The lowest BCUT2D eigenvalue weighted by Crippen LogP contribution is -2.14. The van der Waals surface area contributed by atoms with Crippen LogP contribution in [0.25, 0.3) is 22.7 Å². The predicted molar refractivity (Wildman–Crippen MR) is 125 cm³/mol. The van der Waals surface area contributed by atoms with Crippen LogP contribution in [0.3, 0.4) is 0 Å². The van der Waals surface area contributed by atoms with Crippen molar-refractivity contribution in [2.75, 3.05) is 0 Å². The van der Waals surface area contributed by atoms with E-state index in [0.717, 1.165) is 5.56 Å². The molecule has 0 radical (unpaired) electrons. The molecule has 32 heavy (non-hydrogen) atoms. The molecule has 0 aliphatic heterocycles. The van der Waals surface area contributed by atoms with Crippen LogP contribution in [0.5, 0.6) is 0 Å². The van der Waals surface area contributed by atoms with Gasteiger partial charge in [0, 0.05) is 21.7 Å². The zero-order chi connectivity index (χ0) is 22.1. The van der Waals surface area contributed by atoms with Crippen molar-refractivity contribution < 1.29 is 0 Å². The molecule has 156 valence electrons. The van der Waals surface area contributed by atoms with Crippen LogP contribution in [-0.4, -0.2) is 19.2 Å². The second-order valence-corrected chi connectivity index (χ2v) is 7.72. The van der Waals surface area contributed by atoms with Crippen LogP contribution < -0.4 is 5.56 Å². The molecule has 0 amide bonds. The summed E-state index contributed by atoms with van der Waals surface area (Å²) in [6, 6.07) is 24.8. The normalized spacial score (nSPS) is 11.4. The van der Waals surface area contributed by atoms with E-state index in [-0.39, 0.29) is 11.5 Å². The molecule has 0 saturated heterocycles. The minimum Gasteiger partial charge on any atom is -0.269 e. The summed E-state index contributed by atoms with van der Waals surface area (Å²) in [5, 5.41) is 14.1. The topological polar surface area (TPSA) is 76.9 Å². The Balaban J connectivity index is 1.71. The van der Waals surface area contributed by atoms with E-state index >= 15 is 0 Å². The van der Waals surface area contributed by atoms with Crippen LogP contribution in [0.1, 0.15) is 0 Å². The second-order valence-electron chi connectivity index (χ2n) is 6.85. The fraction of sp³-hybridized carbons (Fsp3) is 0. The molecule has 3 aromatic carbocycles. The highest BCUT2D eigenvalue weighted by atomic mass is 35.5. The molecule has 0 atom stereocenters. The minimum atomic E-state index is -0.320. The standard InChI is InChI=1S/C23H14Cl2N6O/c24-16-6-10-18(11-7-16)27-28-22-29-31(19-12-8-17(25)9-13-19)23-26-20(14-21(32)30(22)23)15-4-2-1-3-5-15/h1-14H. The van der Waals surface area contributed by atoms with Crippen molar-refractivity contribution in [3.63, 3.8) is 0 Å². The number of azo groups is 1. The van der Waals surface area contributed by atoms with E-state index in [1.54, 1.807) is 53.2 Å². The predicted octanol–water partition coefficient (Wildman–Crippen LogP) is 6.27. The molecule has 0 bridgehead atoms. The average Bonchev–Trinajstić information content (AvgIpc) is 3.19. The van der Waals surface area contributed by atoms with Gasteiger partial charge in [-0.1, -0.05) is 53.5 Å². The first-order chi connectivity index (χ1) is 15.6. The number of aromatic nitrogens is 4. The smallest absolute Gasteiger partial charge is 0.269 e. The van der Waals surface area contributed by atoms with Crippen molar-refractivity contribution in [2.45, 2.75) is 0 Å². The van der Waals surface area contributed by atoms with Gasteiger partial charge in [0.15, 0.2) is 0 Å². The summed E-state index contributed by atoms with van der Waals surface area (Å²) in [6.45, 7) is 0. The van der Waals surface area contributed by atoms with Gasteiger partial charge in [0.2, 0.25) is 5.78 Å². The Kier molecular flexibility index (Phi) is 5.26. The SMILES string of the molecule is O=c1cc(-c2ccccc2)nc2n(-c3ccc(Cl)cc3)nc(N=Nc3ccc(Cl)cc3)n12. The Labute approximate surface area is 192 Å². The van der Waals surface area contributed by atoms with Gasteiger partial charge < -0.3 is 0 Å². The molecule has 7 nitrogen and oxygen atoms in total. The van der Waals surface area contributed by atoms with Gasteiger partial charge in [-0.3, -0.25) is 4.79 Å². The molecule has 0 saturated carbocycles. The van der Waals surface area contributed by atoms with E-state index in [1.165, 1.54) is 10.5 Å². The quantitative estimate of drug-likeness (QED) is 0.296. The first-order valence-corrected chi connectivity index (χ1v) is 10.4. The van der Waals surface area contributed by atoms with Crippen LogP contribution in [0.2, 0.25) is 10.0 Å². The largest absolute Gasteiger partial charge is 0.276 e. The van der Waals surface area contributed by atoms with Gasteiger partial charge in [-0.05, 0) is 48.5 Å². The summed E-state index contributed by atoms with van der Waals surface area (Å²) in [6.07, 6.45) is 0. The molecular weight excluding hydrogens is 447 g/mol. The fourth-order valence-corrected chi connectivity index (χ4v) is 3.42. The number of nitrogens with zero attached hydrogens (tertiary/aromatic N) is 6. The van der Waals surface area contributed by atoms with E-state index in [0.29, 0.717) is 32.9 Å². The minimum absolute atomic E-state index is 0.0991. The summed E-state index contributed by atoms with van der Waals surface area (Å²) in [7, 11) is 0. The van der Waals surface area contributed by atoms with Gasteiger partial charge in [-0.25, -0.2) is 9.38 Å². The highest BCUT2D eigenvalue weighted by Crippen LogP contribution is 2.23. The van der Waals surface area contributed by atoms with Crippen LogP contribution >= 0.6 is 23.2 Å². The van der Waals surface area contributed by atoms with Crippen LogP contribution in [0, 0.1) is 0 Å². The highest BCUT2D eigenvalue weighted by molar-refractivity contribution is 6.30. The Morgan fingerprint density at radius 3 is 2.12 bits per heavy atom. The molecule has 2 heterocycles. The number of fused-ring (bicyclic) bond motifs is 1. The maximum Gasteiger partial charge on any atom is 0.276 e. The third-order valence-corrected chi connectivity index (χ3v) is 5.21. The van der Waals surface area contributed by atoms with Crippen molar-refractivity contribution >= 4 is 40.6 Å². The van der Waals surface area contributed by atoms with Gasteiger partial charge in [0.25, 0.3) is 11.5 Å². The van der Waals surface area contributed by atoms with Gasteiger partial charge in [0.1, 0.15) is 0 Å². The lowest BCUT2D eigenvalue weighted by Gasteiger charge is -2.04. The molecule has 0 unspecified atom stereocenters. The molecule has 0 aliphatic carbocycles. The van der Waals surface area contributed by atoms with Crippen molar-refractivity contribution in [1.82, 2.24) is 19.2 Å². The zero-order valence-electron chi connectivity index (χ0n) is 16.4. The Bertz CT molecular complexity index is 1490. The number of benzene rings is 3. The summed E-state index contributed by atoms with van der Waals surface area (Å²) < 4.78 is 2.86. The molecule has 5 aromatic rings. The molecule has 5 rings (SSSR count). The molecule has 0 aliphatic rings. The van der Waals surface area contributed by atoms with Gasteiger partial charge in [0.05, 0.1) is 17.1 Å². The molecule has 0 N–H and O–H groups in total. The lowest BCUT2D eigenvalue weighted by molar-refractivity contribution is 0.891. The molecular formula is C23H14Cl2N6O. The highest BCUT2D eigenvalue weighted by Gasteiger charge is 2.17. The zero-order valence-corrected chi connectivity index (χ0v) is 17.9. The monoisotopic (exact) mass is 460 g/mol.